The second-order valence-corrected chi connectivity index (χ2v) is 5.53. The number of rotatable bonds is 5. The second kappa shape index (κ2) is 6.34. The fourth-order valence-electron chi connectivity index (χ4n) is 2.25. The van der Waals surface area contributed by atoms with E-state index >= 15 is 0 Å². The normalized spacial score (nSPS) is 11.3. The monoisotopic (exact) mass is 317 g/mol. The Labute approximate surface area is 132 Å². The number of nitrogens with zero attached hydrogens (tertiary/aromatic N) is 2. The highest BCUT2D eigenvalue weighted by Crippen LogP contribution is 2.28. The van der Waals surface area contributed by atoms with Crippen LogP contribution < -0.4 is 5.32 Å². The highest BCUT2D eigenvalue weighted by atomic mass is 19.2. The lowest BCUT2D eigenvalue weighted by atomic mass is 10.2. The maximum atomic E-state index is 13.8. The highest BCUT2D eigenvalue weighted by Gasteiger charge is 2.15. The van der Waals surface area contributed by atoms with Gasteiger partial charge in [-0.25, -0.2) is 13.8 Å². The average Bonchev–Trinajstić information content (AvgIpc) is 2.92. The number of hydrogen-bond donors (Lipinski definition) is 1. The van der Waals surface area contributed by atoms with Gasteiger partial charge in [0.15, 0.2) is 17.2 Å². The number of anilines is 1. The van der Waals surface area contributed by atoms with Crippen LogP contribution in [0.25, 0.3) is 22.6 Å². The molecule has 1 aromatic heterocycles. The zero-order valence-corrected chi connectivity index (χ0v) is 12.9. The molecule has 2 aromatic carbocycles. The average molecular weight is 317 g/mol. The van der Waals surface area contributed by atoms with Gasteiger partial charge in [0.25, 0.3) is 0 Å². The summed E-state index contributed by atoms with van der Waals surface area (Å²) in [6.07, 6.45) is 0. The summed E-state index contributed by atoms with van der Waals surface area (Å²) < 4.78 is 32.7. The quantitative estimate of drug-likeness (QED) is 0.778. The molecule has 0 atom stereocenters. The van der Waals surface area contributed by atoms with Crippen molar-refractivity contribution >= 4 is 16.8 Å². The zero-order valence-electron chi connectivity index (χ0n) is 12.9. The number of nitrogens with one attached hydrogen (secondary N) is 1. The van der Waals surface area contributed by atoms with Crippen molar-refractivity contribution in [3.63, 3.8) is 0 Å². The van der Waals surface area contributed by atoms with Crippen molar-refractivity contribution < 1.29 is 13.2 Å². The molecule has 0 radical (unpaired) electrons. The van der Waals surface area contributed by atoms with Gasteiger partial charge in [0.1, 0.15) is 5.52 Å². The Hall–Kier alpha value is -2.47. The van der Waals surface area contributed by atoms with Crippen LogP contribution in [0.5, 0.6) is 0 Å². The molecule has 0 spiro atoms. The molecule has 0 aliphatic rings. The summed E-state index contributed by atoms with van der Waals surface area (Å²) in [5, 5.41) is 3.28. The fraction of sp³-hybridized carbons (Fsp3) is 0.235. The highest BCUT2D eigenvalue weighted by molar-refractivity contribution is 5.80. The van der Waals surface area contributed by atoms with Crippen LogP contribution in [0.3, 0.4) is 0 Å². The van der Waals surface area contributed by atoms with E-state index in [2.05, 4.69) is 15.2 Å². The van der Waals surface area contributed by atoms with E-state index in [9.17, 15) is 8.78 Å². The molecule has 4 nitrogen and oxygen atoms in total. The molecule has 0 aliphatic carbocycles. The Morgan fingerprint density at radius 2 is 2.00 bits per heavy atom. The van der Waals surface area contributed by atoms with Crippen LogP contribution >= 0.6 is 0 Å². The van der Waals surface area contributed by atoms with Gasteiger partial charge in [-0.05, 0) is 44.4 Å². The number of halogens is 2. The molecule has 0 aliphatic heterocycles. The van der Waals surface area contributed by atoms with Crippen molar-refractivity contribution in [1.82, 2.24) is 9.88 Å². The van der Waals surface area contributed by atoms with E-state index in [0.29, 0.717) is 11.1 Å². The van der Waals surface area contributed by atoms with E-state index in [-0.39, 0.29) is 11.5 Å². The van der Waals surface area contributed by atoms with Crippen molar-refractivity contribution in [3.05, 3.63) is 48.0 Å². The minimum atomic E-state index is -0.955. The van der Waals surface area contributed by atoms with Crippen molar-refractivity contribution in [2.75, 3.05) is 32.5 Å². The zero-order chi connectivity index (χ0) is 16.4. The van der Waals surface area contributed by atoms with E-state index in [1.165, 1.54) is 12.1 Å². The summed E-state index contributed by atoms with van der Waals surface area (Å²) in [5.74, 6) is -1.80. The lowest BCUT2D eigenvalue weighted by molar-refractivity contribution is 0.425. The topological polar surface area (TPSA) is 41.3 Å². The van der Waals surface area contributed by atoms with Crippen LogP contribution in [0, 0.1) is 11.6 Å². The summed E-state index contributed by atoms with van der Waals surface area (Å²) in [5.41, 5.74) is 2.04. The molecule has 120 valence electrons. The molecule has 0 saturated heterocycles. The number of hydrogen-bond acceptors (Lipinski definition) is 4. The van der Waals surface area contributed by atoms with E-state index in [1.54, 1.807) is 6.07 Å². The smallest absolute Gasteiger partial charge is 0.230 e. The third kappa shape index (κ3) is 3.32. The molecule has 1 N–H and O–H groups in total. The van der Waals surface area contributed by atoms with Gasteiger partial charge in [-0.1, -0.05) is 6.07 Å². The molecule has 3 aromatic rings. The molecular weight excluding hydrogens is 300 g/mol. The fourth-order valence-corrected chi connectivity index (χ4v) is 2.25. The van der Waals surface area contributed by atoms with Gasteiger partial charge in [0.05, 0.1) is 5.56 Å². The maximum Gasteiger partial charge on any atom is 0.230 e. The Balaban J connectivity index is 1.88. The van der Waals surface area contributed by atoms with Crippen LogP contribution in [0.1, 0.15) is 0 Å². The van der Waals surface area contributed by atoms with Gasteiger partial charge >= 0.3 is 0 Å². The summed E-state index contributed by atoms with van der Waals surface area (Å²) in [6, 6.07) is 9.40. The first-order valence-electron chi connectivity index (χ1n) is 7.28. The Kier molecular flexibility index (Phi) is 4.25. The Morgan fingerprint density at radius 1 is 1.17 bits per heavy atom. The largest absolute Gasteiger partial charge is 0.436 e. The number of fused-ring (bicyclic) bond motifs is 1. The number of aromatic nitrogens is 1. The molecule has 1 heterocycles. The van der Waals surface area contributed by atoms with Crippen LogP contribution in [-0.2, 0) is 0 Å². The van der Waals surface area contributed by atoms with Gasteiger partial charge in [-0.2, -0.15) is 0 Å². The van der Waals surface area contributed by atoms with Crippen molar-refractivity contribution in [2.45, 2.75) is 0 Å². The van der Waals surface area contributed by atoms with Crippen molar-refractivity contribution in [3.8, 4) is 11.5 Å². The van der Waals surface area contributed by atoms with Crippen LogP contribution in [-0.4, -0.2) is 37.1 Å². The molecule has 0 amide bonds. The summed E-state index contributed by atoms with van der Waals surface area (Å²) in [6.45, 7) is 1.69. The first-order valence-corrected chi connectivity index (χ1v) is 7.28. The molecule has 3 rings (SSSR count). The molecule has 0 fully saturated rings. The molecule has 23 heavy (non-hydrogen) atoms. The van der Waals surface area contributed by atoms with Crippen LogP contribution in [0.2, 0.25) is 0 Å². The predicted molar refractivity (Wildman–Crippen MR) is 86.4 cm³/mol. The third-order valence-corrected chi connectivity index (χ3v) is 3.46. The second-order valence-electron chi connectivity index (χ2n) is 5.53. The van der Waals surface area contributed by atoms with E-state index in [1.807, 2.05) is 26.2 Å². The first-order chi connectivity index (χ1) is 11.0. The first kappa shape index (κ1) is 15.4. The van der Waals surface area contributed by atoms with E-state index in [0.717, 1.165) is 24.8 Å². The molecule has 6 heteroatoms. The van der Waals surface area contributed by atoms with Crippen LogP contribution in [0.4, 0.5) is 14.5 Å². The van der Waals surface area contributed by atoms with Gasteiger partial charge in [0, 0.05) is 18.8 Å². The van der Waals surface area contributed by atoms with E-state index in [4.69, 9.17) is 4.42 Å². The Morgan fingerprint density at radius 3 is 2.78 bits per heavy atom. The van der Waals surface area contributed by atoms with Crippen LogP contribution in [0.15, 0.2) is 40.8 Å². The number of benzene rings is 2. The maximum absolute atomic E-state index is 13.8. The minimum Gasteiger partial charge on any atom is -0.436 e. The van der Waals surface area contributed by atoms with Gasteiger partial charge in [-0.15, -0.1) is 0 Å². The molecule has 0 saturated carbocycles. The molecule has 0 bridgehead atoms. The van der Waals surface area contributed by atoms with Crippen molar-refractivity contribution in [1.29, 1.82) is 0 Å². The lowest BCUT2D eigenvalue weighted by Gasteiger charge is -2.10. The molecule has 0 unspecified atom stereocenters. The van der Waals surface area contributed by atoms with Gasteiger partial charge in [-0.3, -0.25) is 0 Å². The summed E-state index contributed by atoms with van der Waals surface area (Å²) >= 11 is 0. The Bertz CT molecular complexity index is 830. The lowest BCUT2D eigenvalue weighted by Crippen LogP contribution is -2.20. The molecular formula is C17H17F2N3O. The summed E-state index contributed by atoms with van der Waals surface area (Å²) in [4.78, 5) is 6.34. The van der Waals surface area contributed by atoms with Gasteiger partial charge < -0.3 is 14.6 Å². The predicted octanol–water partition coefficient (Wildman–Crippen LogP) is 3.75. The summed E-state index contributed by atoms with van der Waals surface area (Å²) in [7, 11) is 4.00. The third-order valence-electron chi connectivity index (χ3n) is 3.46. The standard InChI is InChI=1S/C17H17F2N3O/c1-22(2)9-8-20-11-6-7-15-14(10-11)21-17(23-15)12-4-3-5-13(18)16(12)19/h3-7,10,20H,8-9H2,1-2H3. The number of oxazole rings is 1. The SMILES string of the molecule is CN(C)CCNc1ccc2oc(-c3cccc(F)c3F)nc2c1. The van der Waals surface area contributed by atoms with E-state index < -0.39 is 11.6 Å². The van der Waals surface area contributed by atoms with Crippen molar-refractivity contribution in [2.24, 2.45) is 0 Å². The minimum absolute atomic E-state index is 0.0170. The number of likely N-dealkylation sites (N-methyl/N-ethyl adjacent to an activating group) is 1. The van der Waals surface area contributed by atoms with Gasteiger partial charge in [0.2, 0.25) is 5.89 Å².